The number of aliphatic hydroxyl groups excluding tert-OH is 1. The fourth-order valence-corrected chi connectivity index (χ4v) is 13.5. The van der Waals surface area contributed by atoms with Gasteiger partial charge in [0.1, 0.15) is 35.1 Å². The summed E-state index contributed by atoms with van der Waals surface area (Å²) in [6, 6.07) is 14.7. The molecule has 1 radical (unpaired) electrons. The quantitative estimate of drug-likeness (QED) is 0.0280. The number of hydrogen-bond acceptors (Lipinski definition) is 15. The first kappa shape index (κ1) is 85.8. The Balaban J connectivity index is 0.0000187. The van der Waals surface area contributed by atoms with E-state index in [2.05, 4.69) is 129 Å². The van der Waals surface area contributed by atoms with E-state index in [1.54, 1.807) is 90.1 Å². The molecule has 17 heteroatoms. The largest absolute Gasteiger partial charge is 0.461 e. The van der Waals surface area contributed by atoms with Crippen molar-refractivity contribution in [2.24, 2.45) is 16.7 Å². The Morgan fingerprint density at radius 1 is 0.598 bits per heavy atom. The van der Waals surface area contributed by atoms with Gasteiger partial charge in [-0.2, -0.15) is 0 Å². The summed E-state index contributed by atoms with van der Waals surface area (Å²) in [5.41, 5.74) is -8.88. The normalized spacial score (nSPS) is 25.1. The molecule has 2 aromatic carbocycles. The maximum absolute atomic E-state index is 16.7. The SMILES string of the molecule is CC/C=C\C/C=C\C/C=C\C/C=C\C/C=C\C/C=C\CCC(=O)OC1C(=O)C2(C)C(OC(=O)CC/C=C\C/C=C\C/C=C\C/C=C\C/C=C\C/C=C\CC)CC3OCC3(O)C2C(OC(=O)c2ccccc2)C2(O)CC(OC(=O)C(O)C(NC(=O)OC(C)(C)C)c3ccccc3)C(C)=C1C2(C)C.[Ac]. The number of fused-ring (bicyclic) bond motifs is 5. The number of Topliss-reactive ketones (excluding diaryl/α,β-unsaturated/α-hetero) is 1. The molecule has 0 spiro atoms. The molecule has 6 rings (SSSR count). The van der Waals surface area contributed by atoms with Gasteiger partial charge in [0.2, 0.25) is 0 Å². The van der Waals surface area contributed by atoms with Crippen molar-refractivity contribution >= 4 is 35.8 Å². The predicted octanol–water partition coefficient (Wildman–Crippen LogP) is 16.7. The third-order valence-electron chi connectivity index (χ3n) is 19.0. The van der Waals surface area contributed by atoms with Gasteiger partial charge < -0.3 is 49.1 Å². The van der Waals surface area contributed by atoms with Crippen molar-refractivity contribution in [3.63, 3.8) is 0 Å². The molecule has 0 aromatic heterocycles. The Morgan fingerprint density at radius 3 is 1.44 bits per heavy atom. The molecule has 11 atom stereocenters. The van der Waals surface area contributed by atoms with Gasteiger partial charge >= 0.3 is 30.0 Å². The first-order valence-electron chi connectivity index (χ1n) is 36.1. The maximum Gasteiger partial charge on any atom is 0.408 e. The summed E-state index contributed by atoms with van der Waals surface area (Å²) >= 11 is 0. The zero-order chi connectivity index (χ0) is 73.3. The van der Waals surface area contributed by atoms with E-state index in [9.17, 15) is 39.3 Å². The van der Waals surface area contributed by atoms with Crippen molar-refractivity contribution in [3.05, 3.63) is 229 Å². The van der Waals surface area contributed by atoms with Crippen LogP contribution in [0.5, 0.6) is 0 Å². The van der Waals surface area contributed by atoms with Crippen molar-refractivity contribution in [1.29, 1.82) is 0 Å². The second-order valence-electron chi connectivity index (χ2n) is 27.9. The van der Waals surface area contributed by atoms with Gasteiger partial charge in [0, 0.05) is 81.1 Å². The molecule has 3 aliphatic carbocycles. The second kappa shape index (κ2) is 43.4. The molecule has 4 aliphatic rings. The number of nitrogens with one attached hydrogen (secondary N) is 1. The summed E-state index contributed by atoms with van der Waals surface area (Å²) in [6.45, 7) is 15.1. The van der Waals surface area contributed by atoms with E-state index in [0.717, 1.165) is 64.2 Å². The number of esters is 4. The molecule has 16 nitrogen and oxygen atoms in total. The third-order valence-corrected chi connectivity index (χ3v) is 19.0. The van der Waals surface area contributed by atoms with Crippen molar-refractivity contribution in [1.82, 2.24) is 5.32 Å². The van der Waals surface area contributed by atoms with Gasteiger partial charge in [0.25, 0.3) is 0 Å². The van der Waals surface area contributed by atoms with E-state index in [-0.39, 0.29) is 92.9 Å². The molecule has 1 aliphatic heterocycles. The average molecular weight is 1610 g/mol. The van der Waals surface area contributed by atoms with Crippen LogP contribution in [-0.4, -0.2) is 111 Å². The fourth-order valence-electron chi connectivity index (χ4n) is 13.5. The Morgan fingerprint density at radius 2 is 1.02 bits per heavy atom. The topological polar surface area (TPSA) is 231 Å². The molecular weight excluding hydrogens is 1500 g/mol. The number of rotatable bonds is 37. The van der Waals surface area contributed by atoms with Gasteiger partial charge in [-0.25, -0.2) is 14.4 Å². The van der Waals surface area contributed by atoms with E-state index < -0.39 is 125 Å². The van der Waals surface area contributed by atoms with Crippen molar-refractivity contribution < 1.29 is 117 Å². The van der Waals surface area contributed by atoms with Crippen LogP contribution in [0.2, 0.25) is 0 Å². The van der Waals surface area contributed by atoms with E-state index in [4.69, 9.17) is 28.4 Å². The smallest absolute Gasteiger partial charge is 0.408 e. The molecule has 102 heavy (non-hydrogen) atoms. The van der Waals surface area contributed by atoms with E-state index in [1.165, 1.54) is 19.1 Å². The van der Waals surface area contributed by atoms with E-state index >= 15 is 4.79 Å². The number of allylic oxidation sites excluding steroid dienone is 24. The van der Waals surface area contributed by atoms with Gasteiger partial charge in [0.05, 0.1) is 29.7 Å². The third kappa shape index (κ3) is 24.9. The number of carbonyl (C=O) groups excluding carboxylic acids is 6. The molecule has 1 saturated heterocycles. The molecule has 11 unspecified atom stereocenters. The second-order valence-corrected chi connectivity index (χ2v) is 27.9. The maximum atomic E-state index is 16.7. The molecule has 2 aromatic rings. The fraction of sp³-hybridized carbons (Fsp3) is 0.482. The molecule has 2 saturated carbocycles. The van der Waals surface area contributed by atoms with Crippen molar-refractivity contribution in [2.45, 2.75) is 237 Å². The number of ketones is 1. The summed E-state index contributed by atoms with van der Waals surface area (Å²) in [4.78, 5) is 88.6. The number of aliphatic hydroxyl groups is 3. The van der Waals surface area contributed by atoms with Crippen LogP contribution in [0, 0.1) is 60.8 Å². The van der Waals surface area contributed by atoms with Crippen molar-refractivity contribution in [3.8, 4) is 0 Å². The first-order valence-corrected chi connectivity index (χ1v) is 36.1. The van der Waals surface area contributed by atoms with Crippen LogP contribution in [0.3, 0.4) is 0 Å². The van der Waals surface area contributed by atoms with Crippen LogP contribution in [0.15, 0.2) is 218 Å². The molecular formula is C85H111AcNO15. The molecule has 4 N–H and O–H groups in total. The van der Waals surface area contributed by atoms with Gasteiger partial charge in [-0.1, -0.05) is 222 Å². The van der Waals surface area contributed by atoms with E-state index in [1.807, 2.05) is 36.5 Å². The summed E-state index contributed by atoms with van der Waals surface area (Å²) in [6.07, 6.45) is 48.7. The van der Waals surface area contributed by atoms with Gasteiger partial charge in [-0.15, -0.1) is 0 Å². The first-order chi connectivity index (χ1) is 48.4. The molecule has 2 bridgehead atoms. The number of carbonyl (C=O) groups is 6. The van der Waals surface area contributed by atoms with Crippen LogP contribution in [0.25, 0.3) is 0 Å². The zero-order valence-electron chi connectivity index (χ0n) is 61.5. The molecule has 549 valence electrons. The van der Waals surface area contributed by atoms with Crippen LogP contribution < -0.4 is 5.32 Å². The molecule has 3 fully saturated rings. The Kier molecular flexibility index (Phi) is 36.5. The van der Waals surface area contributed by atoms with Crippen molar-refractivity contribution in [2.75, 3.05) is 6.61 Å². The standard InChI is InChI=1S/C85H111NO15.Ac/c1-10-12-14-16-18-20-22-24-26-28-30-32-34-36-38-40-42-44-52-58-69(87)98-67-60-68-84(94,62-96-68)75-77(100-78(91)65-56-50-47-51-57-65)85(95)61-66(97-79(92)73(89)72(64-54-48-46-49-55-64)86-80(93)101-81(4,5)6)63(3)71(82(85,7)8)74(76(90)83(67,75)9)99-70(88)59-53-45-43-41-39-37-35-33-31-29-27-25-23-21-19-17-15-13-11-2;/h12-15,18-21,24-27,30-33,36-39,42-51,54-57,66-68,72-75,77,89,94-95H,10-11,16-17,22-23,28-29,34-35,40-41,52-53,58-62H2,1-9H3,(H,86,93);/b14-12-,15-13-,20-18-,21-19-,26-24-,27-25-,32-30-,33-31-,38-36-,39-37-,44-42-,45-43-;. The van der Waals surface area contributed by atoms with Crippen LogP contribution in [0.1, 0.15) is 200 Å². The number of benzene rings is 2. The summed E-state index contributed by atoms with van der Waals surface area (Å²) in [5, 5.41) is 42.2. The van der Waals surface area contributed by atoms with Crippen LogP contribution in [-0.2, 0) is 47.6 Å². The minimum absolute atomic E-state index is 0. The minimum atomic E-state index is -2.48. The van der Waals surface area contributed by atoms with Gasteiger partial charge in [-0.3, -0.25) is 14.4 Å². The van der Waals surface area contributed by atoms with Gasteiger partial charge in [0.15, 0.2) is 18.0 Å². The molecule has 1 heterocycles. The minimum Gasteiger partial charge on any atom is -0.461 e. The Bertz CT molecular complexity index is 3430. The number of ether oxygens (including phenoxy) is 6. The average Bonchev–Trinajstić information content (AvgIpc) is 0.671. The number of hydrogen-bond donors (Lipinski definition) is 4. The monoisotopic (exact) mass is 1610 g/mol. The predicted molar refractivity (Wildman–Crippen MR) is 397 cm³/mol. The van der Waals surface area contributed by atoms with Crippen LogP contribution >= 0.6 is 0 Å². The zero-order valence-corrected chi connectivity index (χ0v) is 66.2. The van der Waals surface area contributed by atoms with E-state index in [0.29, 0.717) is 18.4 Å². The molecule has 1 amide bonds. The number of amides is 1. The summed E-state index contributed by atoms with van der Waals surface area (Å²) < 4.78 is 37.4. The summed E-state index contributed by atoms with van der Waals surface area (Å²) in [5.74, 6) is -6.23. The summed E-state index contributed by atoms with van der Waals surface area (Å²) in [7, 11) is 0. The van der Waals surface area contributed by atoms with Gasteiger partial charge in [-0.05, 0) is 153 Å². The Hall–Kier alpha value is -6.84. The Labute approximate surface area is 642 Å². The number of alkyl carbamates (subject to hydrolysis) is 1. The van der Waals surface area contributed by atoms with Crippen LogP contribution in [0.4, 0.5) is 4.79 Å².